The number of hydrogen-bond acceptors (Lipinski definition) is 6. The Balaban J connectivity index is 1.29. The van der Waals surface area contributed by atoms with Gasteiger partial charge in [0.05, 0.1) is 13.2 Å². The fourth-order valence-corrected chi connectivity index (χ4v) is 3.58. The number of aromatic amines is 1. The summed E-state index contributed by atoms with van der Waals surface area (Å²) in [5, 5.41) is 8.15. The number of anilines is 2. The van der Waals surface area contributed by atoms with E-state index >= 15 is 0 Å². The van der Waals surface area contributed by atoms with Crippen LogP contribution in [0.3, 0.4) is 0 Å². The summed E-state index contributed by atoms with van der Waals surface area (Å²) in [4.78, 5) is 14.8. The minimum absolute atomic E-state index is 0.769. The van der Waals surface area contributed by atoms with Crippen molar-refractivity contribution in [3.05, 3.63) is 47.9 Å². The summed E-state index contributed by atoms with van der Waals surface area (Å²) in [6.45, 7) is 8.29. The van der Waals surface area contributed by atoms with Crippen LogP contribution in [-0.2, 0) is 11.2 Å². The van der Waals surface area contributed by atoms with E-state index in [2.05, 4.69) is 60.9 Å². The molecule has 148 valence electrons. The van der Waals surface area contributed by atoms with E-state index in [0.29, 0.717) is 0 Å². The predicted molar refractivity (Wildman–Crippen MR) is 113 cm³/mol. The molecule has 1 saturated heterocycles. The van der Waals surface area contributed by atoms with Crippen LogP contribution in [0.1, 0.15) is 11.4 Å². The van der Waals surface area contributed by atoms with Gasteiger partial charge in [0.15, 0.2) is 0 Å². The lowest BCUT2D eigenvalue weighted by atomic mass is 10.1. The first-order valence-corrected chi connectivity index (χ1v) is 9.96. The van der Waals surface area contributed by atoms with Crippen LogP contribution in [0.4, 0.5) is 11.6 Å². The number of aryl methyl sites for hydroxylation is 1. The average molecular weight is 380 g/mol. The molecule has 28 heavy (non-hydrogen) atoms. The first-order chi connectivity index (χ1) is 13.8. The van der Waals surface area contributed by atoms with Gasteiger partial charge in [-0.2, -0.15) is 0 Å². The van der Waals surface area contributed by atoms with Crippen molar-refractivity contribution in [1.29, 1.82) is 0 Å². The van der Waals surface area contributed by atoms with E-state index in [-0.39, 0.29) is 0 Å². The molecular weight excluding hydrogens is 352 g/mol. The smallest absolute Gasteiger partial charge is 0.131 e. The van der Waals surface area contributed by atoms with Crippen molar-refractivity contribution >= 4 is 22.5 Å². The zero-order chi connectivity index (χ0) is 19.2. The molecule has 0 amide bonds. The standard InChI is InChI=1S/C21H28N6O/c1-16-25-20(14-21(26-16)23-8-9-27-10-12-28-13-11-27)22-7-6-17-15-24-19-5-3-2-4-18(17)19/h2-5,14-15,24H,6-13H2,1H3,(H2,22,23,25,26). The van der Waals surface area contributed by atoms with Crippen LogP contribution in [0, 0.1) is 6.92 Å². The quantitative estimate of drug-likeness (QED) is 0.558. The number of fused-ring (bicyclic) bond motifs is 1. The number of hydrogen-bond donors (Lipinski definition) is 3. The summed E-state index contributed by atoms with van der Waals surface area (Å²) in [7, 11) is 0. The van der Waals surface area contributed by atoms with E-state index in [4.69, 9.17) is 4.74 Å². The van der Waals surface area contributed by atoms with E-state index < -0.39 is 0 Å². The predicted octanol–water partition coefficient (Wildman–Crippen LogP) is 2.67. The van der Waals surface area contributed by atoms with Gasteiger partial charge in [0.25, 0.3) is 0 Å². The molecule has 0 saturated carbocycles. The minimum Gasteiger partial charge on any atom is -0.379 e. The van der Waals surface area contributed by atoms with Gasteiger partial charge < -0.3 is 20.4 Å². The summed E-state index contributed by atoms with van der Waals surface area (Å²) in [6.07, 6.45) is 3.03. The zero-order valence-electron chi connectivity index (χ0n) is 16.4. The van der Waals surface area contributed by atoms with Crippen LogP contribution in [0.15, 0.2) is 36.5 Å². The number of morpholine rings is 1. The number of ether oxygens (including phenoxy) is 1. The number of H-pyrrole nitrogens is 1. The lowest BCUT2D eigenvalue weighted by Crippen LogP contribution is -2.39. The van der Waals surface area contributed by atoms with Crippen molar-refractivity contribution in [3.8, 4) is 0 Å². The highest BCUT2D eigenvalue weighted by Gasteiger charge is 2.10. The van der Waals surface area contributed by atoms with Crippen LogP contribution in [0.5, 0.6) is 0 Å². The number of nitrogens with zero attached hydrogens (tertiary/aromatic N) is 3. The fraction of sp³-hybridized carbons (Fsp3) is 0.429. The van der Waals surface area contributed by atoms with Crippen molar-refractivity contribution in [3.63, 3.8) is 0 Å². The molecule has 3 aromatic rings. The highest BCUT2D eigenvalue weighted by molar-refractivity contribution is 5.83. The summed E-state index contributed by atoms with van der Waals surface area (Å²) < 4.78 is 5.39. The van der Waals surface area contributed by atoms with Gasteiger partial charge in [0, 0.05) is 55.9 Å². The monoisotopic (exact) mass is 380 g/mol. The van der Waals surface area contributed by atoms with Gasteiger partial charge in [0.1, 0.15) is 17.5 Å². The van der Waals surface area contributed by atoms with Gasteiger partial charge in [-0.05, 0) is 25.0 Å². The third-order valence-electron chi connectivity index (χ3n) is 5.05. The Labute approximate surface area is 165 Å². The molecule has 0 spiro atoms. The molecule has 1 aliphatic heterocycles. The molecule has 3 heterocycles. The molecule has 0 atom stereocenters. The molecule has 1 aromatic carbocycles. The third-order valence-corrected chi connectivity index (χ3v) is 5.05. The van der Waals surface area contributed by atoms with Gasteiger partial charge in [-0.1, -0.05) is 18.2 Å². The Morgan fingerprint density at radius 1 is 1.07 bits per heavy atom. The van der Waals surface area contributed by atoms with Gasteiger partial charge >= 0.3 is 0 Å². The second kappa shape index (κ2) is 9.03. The van der Waals surface area contributed by atoms with Crippen LogP contribution in [0.25, 0.3) is 10.9 Å². The Morgan fingerprint density at radius 3 is 2.64 bits per heavy atom. The second-order valence-corrected chi connectivity index (χ2v) is 7.10. The number of aromatic nitrogens is 3. The summed E-state index contributed by atoms with van der Waals surface area (Å²) >= 11 is 0. The maximum absolute atomic E-state index is 5.39. The van der Waals surface area contributed by atoms with Crippen molar-refractivity contribution in [2.75, 3.05) is 56.6 Å². The van der Waals surface area contributed by atoms with E-state index in [1.165, 1.54) is 16.5 Å². The van der Waals surface area contributed by atoms with Crippen molar-refractivity contribution in [1.82, 2.24) is 19.9 Å². The molecule has 2 aromatic heterocycles. The van der Waals surface area contributed by atoms with Crippen LogP contribution < -0.4 is 10.6 Å². The molecule has 0 aliphatic carbocycles. The fourth-order valence-electron chi connectivity index (χ4n) is 3.58. The summed E-state index contributed by atoms with van der Waals surface area (Å²) in [6, 6.07) is 10.4. The lowest BCUT2D eigenvalue weighted by molar-refractivity contribution is 0.0398. The Morgan fingerprint density at radius 2 is 1.82 bits per heavy atom. The van der Waals surface area contributed by atoms with Crippen LogP contribution in [-0.4, -0.2) is 65.8 Å². The largest absolute Gasteiger partial charge is 0.379 e. The van der Waals surface area contributed by atoms with Crippen LogP contribution >= 0.6 is 0 Å². The highest BCUT2D eigenvalue weighted by atomic mass is 16.5. The molecule has 1 fully saturated rings. The third kappa shape index (κ3) is 4.79. The SMILES string of the molecule is Cc1nc(NCCc2c[nH]c3ccccc23)cc(NCCN2CCOCC2)n1. The first-order valence-electron chi connectivity index (χ1n) is 9.96. The molecule has 7 nitrogen and oxygen atoms in total. The first kappa shape index (κ1) is 18.7. The van der Waals surface area contributed by atoms with Gasteiger partial charge in [-0.25, -0.2) is 9.97 Å². The van der Waals surface area contributed by atoms with Gasteiger partial charge in [-0.3, -0.25) is 4.90 Å². The maximum Gasteiger partial charge on any atom is 0.131 e. The van der Waals surface area contributed by atoms with Crippen molar-refractivity contribution in [2.45, 2.75) is 13.3 Å². The van der Waals surface area contributed by atoms with Crippen molar-refractivity contribution < 1.29 is 4.74 Å². The number of para-hydroxylation sites is 1. The van der Waals surface area contributed by atoms with Crippen LogP contribution in [0.2, 0.25) is 0 Å². The van der Waals surface area contributed by atoms with E-state index in [1.54, 1.807) is 0 Å². The lowest BCUT2D eigenvalue weighted by Gasteiger charge is -2.26. The molecule has 3 N–H and O–H groups in total. The van der Waals surface area contributed by atoms with E-state index in [1.807, 2.05) is 13.0 Å². The van der Waals surface area contributed by atoms with Gasteiger partial charge in [-0.15, -0.1) is 0 Å². The highest BCUT2D eigenvalue weighted by Crippen LogP contribution is 2.18. The molecule has 7 heteroatoms. The maximum atomic E-state index is 5.39. The minimum atomic E-state index is 0.769. The molecule has 0 bridgehead atoms. The number of benzene rings is 1. The molecular formula is C21H28N6O. The van der Waals surface area contributed by atoms with Crippen molar-refractivity contribution in [2.24, 2.45) is 0 Å². The molecule has 0 unspecified atom stereocenters. The second-order valence-electron chi connectivity index (χ2n) is 7.10. The Kier molecular flexibility index (Phi) is 6.04. The topological polar surface area (TPSA) is 78.1 Å². The summed E-state index contributed by atoms with van der Waals surface area (Å²) in [5.41, 5.74) is 2.50. The molecule has 0 radical (unpaired) electrons. The average Bonchev–Trinajstić information content (AvgIpc) is 3.12. The zero-order valence-corrected chi connectivity index (χ0v) is 16.4. The van der Waals surface area contributed by atoms with E-state index in [9.17, 15) is 0 Å². The summed E-state index contributed by atoms with van der Waals surface area (Å²) in [5.74, 6) is 2.50. The Hall–Kier alpha value is -2.64. The normalized spacial score (nSPS) is 15.0. The Bertz CT molecular complexity index is 903. The molecule has 1 aliphatic rings. The number of rotatable bonds is 8. The molecule has 4 rings (SSSR count). The van der Waals surface area contributed by atoms with E-state index in [0.717, 1.165) is 69.8 Å². The number of nitrogens with one attached hydrogen (secondary N) is 3. The van der Waals surface area contributed by atoms with Gasteiger partial charge in [0.2, 0.25) is 0 Å².